The molecule has 1 heterocycles. The van der Waals surface area contributed by atoms with Gasteiger partial charge in [0.15, 0.2) is 6.61 Å². The van der Waals surface area contributed by atoms with Crippen molar-refractivity contribution in [3.63, 3.8) is 0 Å². The van der Waals surface area contributed by atoms with Gasteiger partial charge in [-0.15, -0.1) is 0 Å². The third kappa shape index (κ3) is 3.94. The molecule has 0 spiro atoms. The molecule has 5 nitrogen and oxygen atoms in total. The highest BCUT2D eigenvalue weighted by Crippen LogP contribution is 2.40. The number of hydrogen-bond acceptors (Lipinski definition) is 3. The van der Waals surface area contributed by atoms with Gasteiger partial charge in [-0.2, -0.15) is 13.2 Å². The number of aliphatic carboxylic acids is 1. The normalized spacial score (nSPS) is 25.7. The fourth-order valence-corrected chi connectivity index (χ4v) is 3.98. The molecule has 2 fully saturated rings. The van der Waals surface area contributed by atoms with E-state index in [0.717, 1.165) is 25.7 Å². The molecule has 0 radical (unpaired) electrons. The van der Waals surface area contributed by atoms with Crippen LogP contribution in [0.5, 0.6) is 5.75 Å². The first-order chi connectivity index (χ1) is 12.3. The Kier molecular flexibility index (Phi) is 5.11. The van der Waals surface area contributed by atoms with Crippen molar-refractivity contribution in [3.8, 4) is 5.75 Å². The maximum absolute atomic E-state index is 12.9. The summed E-state index contributed by atoms with van der Waals surface area (Å²) in [5, 5.41) is 9.50. The highest BCUT2D eigenvalue weighted by molar-refractivity contribution is 5.97. The van der Waals surface area contributed by atoms with E-state index in [-0.39, 0.29) is 23.3 Å². The van der Waals surface area contributed by atoms with Crippen molar-refractivity contribution in [2.45, 2.75) is 50.4 Å². The monoisotopic (exact) mass is 371 g/mol. The largest absolute Gasteiger partial charge is 0.484 e. The van der Waals surface area contributed by atoms with Crippen LogP contribution >= 0.6 is 0 Å². The molecule has 0 bridgehead atoms. The van der Waals surface area contributed by atoms with Crippen molar-refractivity contribution < 1.29 is 32.6 Å². The van der Waals surface area contributed by atoms with E-state index in [4.69, 9.17) is 0 Å². The average molecular weight is 371 g/mol. The number of nitrogens with zero attached hydrogens (tertiary/aromatic N) is 1. The molecule has 3 atom stereocenters. The van der Waals surface area contributed by atoms with Crippen molar-refractivity contribution in [2.24, 2.45) is 5.92 Å². The fourth-order valence-electron chi connectivity index (χ4n) is 3.98. The van der Waals surface area contributed by atoms with Gasteiger partial charge in [0.05, 0.1) is 0 Å². The number of fused-ring (bicyclic) bond motifs is 1. The SMILES string of the molecule is O=C(O)C1CC2CCCCC2N1C(=O)c1ccc(OCC(F)(F)F)cc1. The second kappa shape index (κ2) is 7.17. The second-order valence-electron chi connectivity index (χ2n) is 6.84. The van der Waals surface area contributed by atoms with Crippen LogP contribution in [0, 0.1) is 5.92 Å². The van der Waals surface area contributed by atoms with Crippen LogP contribution in [0.25, 0.3) is 0 Å². The zero-order valence-electron chi connectivity index (χ0n) is 14.0. The molecule has 0 aromatic heterocycles. The molecule has 3 rings (SSSR count). The Hall–Kier alpha value is -2.25. The van der Waals surface area contributed by atoms with Gasteiger partial charge in [0.2, 0.25) is 0 Å². The lowest BCUT2D eigenvalue weighted by molar-refractivity contribution is -0.153. The van der Waals surface area contributed by atoms with Crippen LogP contribution in [-0.2, 0) is 4.79 Å². The van der Waals surface area contributed by atoms with Gasteiger partial charge in [-0.25, -0.2) is 4.79 Å². The number of halogens is 3. The topological polar surface area (TPSA) is 66.8 Å². The molecule has 1 amide bonds. The summed E-state index contributed by atoms with van der Waals surface area (Å²) in [7, 11) is 0. The third-order valence-corrected chi connectivity index (χ3v) is 5.11. The summed E-state index contributed by atoms with van der Waals surface area (Å²) in [6.45, 7) is -1.41. The summed E-state index contributed by atoms with van der Waals surface area (Å²) in [5.41, 5.74) is 0.252. The molecule has 1 saturated heterocycles. The van der Waals surface area contributed by atoms with Gasteiger partial charge in [0.25, 0.3) is 5.91 Å². The minimum atomic E-state index is -4.44. The Balaban J connectivity index is 1.75. The van der Waals surface area contributed by atoms with Crippen LogP contribution in [0.15, 0.2) is 24.3 Å². The van der Waals surface area contributed by atoms with E-state index in [1.807, 2.05) is 0 Å². The molecule has 142 valence electrons. The molecule has 1 aromatic rings. The average Bonchev–Trinajstić information content (AvgIpc) is 2.99. The zero-order chi connectivity index (χ0) is 18.9. The van der Waals surface area contributed by atoms with Crippen molar-refractivity contribution >= 4 is 11.9 Å². The summed E-state index contributed by atoms with van der Waals surface area (Å²) in [6, 6.07) is 4.41. The van der Waals surface area contributed by atoms with Crippen LogP contribution in [-0.4, -0.2) is 46.7 Å². The highest BCUT2D eigenvalue weighted by atomic mass is 19.4. The van der Waals surface area contributed by atoms with Crippen molar-refractivity contribution in [1.82, 2.24) is 4.90 Å². The number of carboxylic acid groups (broad SMARTS) is 1. The Morgan fingerprint density at radius 3 is 2.42 bits per heavy atom. The molecule has 1 aromatic carbocycles. The summed E-state index contributed by atoms with van der Waals surface area (Å²) in [4.78, 5) is 25.9. The van der Waals surface area contributed by atoms with E-state index in [1.165, 1.54) is 29.2 Å². The summed E-state index contributed by atoms with van der Waals surface area (Å²) in [5.74, 6) is -1.21. The second-order valence-corrected chi connectivity index (χ2v) is 6.84. The lowest BCUT2D eigenvalue weighted by Crippen LogP contribution is -2.46. The molecule has 1 aliphatic heterocycles. The Labute approximate surface area is 148 Å². The molecule has 1 N–H and O–H groups in total. The van der Waals surface area contributed by atoms with Gasteiger partial charge in [-0.05, 0) is 49.4 Å². The first-order valence-electron chi connectivity index (χ1n) is 8.61. The number of rotatable bonds is 4. The summed E-state index contributed by atoms with van der Waals surface area (Å²) in [6.07, 6.45) is -0.273. The van der Waals surface area contributed by atoms with Crippen LogP contribution in [0.4, 0.5) is 13.2 Å². The van der Waals surface area contributed by atoms with Crippen molar-refractivity contribution in [3.05, 3.63) is 29.8 Å². The first kappa shape index (κ1) is 18.5. The van der Waals surface area contributed by atoms with Gasteiger partial charge >= 0.3 is 12.1 Å². The van der Waals surface area contributed by atoms with E-state index in [0.29, 0.717) is 6.42 Å². The summed E-state index contributed by atoms with van der Waals surface area (Å²) < 4.78 is 41.2. The lowest BCUT2D eigenvalue weighted by atomic mass is 9.84. The minimum Gasteiger partial charge on any atom is -0.484 e. The van der Waals surface area contributed by atoms with E-state index >= 15 is 0 Å². The van der Waals surface area contributed by atoms with Gasteiger partial charge in [-0.3, -0.25) is 4.79 Å². The standard InChI is InChI=1S/C18H20F3NO4/c19-18(20,21)10-26-13-7-5-11(6-8-13)16(23)22-14-4-2-1-3-12(14)9-15(22)17(24)25/h5-8,12,14-15H,1-4,9-10H2,(H,24,25). The predicted octanol–water partition coefficient (Wildman–Crippen LogP) is 3.49. The lowest BCUT2D eigenvalue weighted by Gasteiger charge is -2.33. The molecule has 2 aliphatic rings. The quantitative estimate of drug-likeness (QED) is 0.880. The number of likely N-dealkylation sites (tertiary alicyclic amines) is 1. The number of ether oxygens (including phenoxy) is 1. The molecule has 26 heavy (non-hydrogen) atoms. The number of carbonyl (C=O) groups excluding carboxylic acids is 1. The first-order valence-corrected chi connectivity index (χ1v) is 8.61. The van der Waals surface area contributed by atoms with Crippen molar-refractivity contribution in [2.75, 3.05) is 6.61 Å². The van der Waals surface area contributed by atoms with E-state index in [9.17, 15) is 27.9 Å². The number of carboxylic acids is 1. The highest BCUT2D eigenvalue weighted by Gasteiger charge is 2.47. The molecular weight excluding hydrogens is 351 g/mol. The number of amides is 1. The van der Waals surface area contributed by atoms with E-state index in [1.54, 1.807) is 0 Å². The molecule has 1 saturated carbocycles. The smallest absolute Gasteiger partial charge is 0.422 e. The fraction of sp³-hybridized carbons (Fsp3) is 0.556. The molecule has 3 unspecified atom stereocenters. The third-order valence-electron chi connectivity index (χ3n) is 5.11. The van der Waals surface area contributed by atoms with Gasteiger partial charge in [-0.1, -0.05) is 12.8 Å². The zero-order valence-corrected chi connectivity index (χ0v) is 14.0. The van der Waals surface area contributed by atoms with Gasteiger partial charge in [0.1, 0.15) is 11.8 Å². The Bertz CT molecular complexity index is 674. The molecular formula is C18H20F3NO4. The minimum absolute atomic E-state index is 0.00521. The summed E-state index contributed by atoms with van der Waals surface area (Å²) >= 11 is 0. The van der Waals surface area contributed by atoms with Crippen LogP contribution in [0.2, 0.25) is 0 Å². The molecule has 8 heteroatoms. The maximum Gasteiger partial charge on any atom is 0.422 e. The Morgan fingerprint density at radius 1 is 1.15 bits per heavy atom. The number of hydrogen-bond donors (Lipinski definition) is 1. The van der Waals surface area contributed by atoms with E-state index in [2.05, 4.69) is 4.74 Å². The van der Waals surface area contributed by atoms with Crippen LogP contribution in [0.1, 0.15) is 42.5 Å². The Morgan fingerprint density at radius 2 is 1.81 bits per heavy atom. The number of carbonyl (C=O) groups is 2. The number of alkyl halides is 3. The van der Waals surface area contributed by atoms with Crippen LogP contribution in [0.3, 0.4) is 0 Å². The van der Waals surface area contributed by atoms with Crippen molar-refractivity contribution in [1.29, 1.82) is 0 Å². The predicted molar refractivity (Wildman–Crippen MR) is 85.9 cm³/mol. The van der Waals surface area contributed by atoms with Gasteiger partial charge < -0.3 is 14.7 Å². The molecule has 1 aliphatic carbocycles. The maximum atomic E-state index is 12.9. The van der Waals surface area contributed by atoms with Crippen LogP contribution < -0.4 is 4.74 Å². The van der Waals surface area contributed by atoms with E-state index < -0.39 is 30.7 Å². The van der Waals surface area contributed by atoms with Gasteiger partial charge in [0, 0.05) is 11.6 Å². The number of benzene rings is 1.